The lowest BCUT2D eigenvalue weighted by molar-refractivity contribution is -0.122. The minimum Gasteiger partial charge on any atom is -0.351 e. The highest BCUT2D eigenvalue weighted by molar-refractivity contribution is 7.85. The molecule has 1 aliphatic carbocycles. The van der Waals surface area contributed by atoms with Crippen molar-refractivity contribution in [2.45, 2.75) is 52.9 Å². The molecule has 0 aromatic heterocycles. The summed E-state index contributed by atoms with van der Waals surface area (Å²) >= 11 is 0. The highest BCUT2D eigenvalue weighted by atomic mass is 32.2. The third-order valence-corrected chi connectivity index (χ3v) is 9.27. The van der Waals surface area contributed by atoms with Crippen LogP contribution in [-0.4, -0.2) is 37.1 Å². The molecule has 3 aromatic carbocycles. The van der Waals surface area contributed by atoms with Crippen LogP contribution in [0.1, 0.15) is 62.4 Å². The van der Waals surface area contributed by atoms with Gasteiger partial charge in [0.05, 0.1) is 5.75 Å². The molecule has 1 unspecified atom stereocenters. The Balaban J connectivity index is 1.46. The van der Waals surface area contributed by atoms with E-state index in [9.17, 15) is 22.4 Å². The molecule has 9 heteroatoms. The quantitative estimate of drug-likeness (QED) is 0.220. The van der Waals surface area contributed by atoms with E-state index in [-0.39, 0.29) is 35.5 Å². The molecule has 0 aliphatic heterocycles. The maximum absolute atomic E-state index is 13.8. The van der Waals surface area contributed by atoms with E-state index in [0.29, 0.717) is 23.6 Å². The predicted molar refractivity (Wildman–Crippen MR) is 168 cm³/mol. The van der Waals surface area contributed by atoms with Crippen molar-refractivity contribution >= 4 is 27.6 Å². The first-order chi connectivity index (χ1) is 20.3. The smallest absolute Gasteiger partial charge is 0.266 e. The Hall–Kier alpha value is -3.56. The maximum atomic E-state index is 13.8. The average Bonchev–Trinajstić information content (AvgIpc) is 2.96. The van der Waals surface area contributed by atoms with E-state index < -0.39 is 21.8 Å². The Morgan fingerprint density at radius 3 is 1.98 bits per heavy atom. The summed E-state index contributed by atoms with van der Waals surface area (Å²) in [6.45, 7) is 6.64. The van der Waals surface area contributed by atoms with Crippen molar-refractivity contribution in [3.05, 3.63) is 89.7 Å². The van der Waals surface area contributed by atoms with Crippen molar-refractivity contribution in [3.63, 3.8) is 0 Å². The number of rotatable bonds is 10. The zero-order valence-corrected chi connectivity index (χ0v) is 25.8. The molecule has 3 N–H and O–H groups in total. The molecule has 43 heavy (non-hydrogen) atoms. The second-order valence-electron chi connectivity index (χ2n) is 12.6. The number of nitrogens with one attached hydrogen (secondary N) is 2. The molecule has 7 nitrogen and oxygen atoms in total. The van der Waals surface area contributed by atoms with Crippen molar-refractivity contribution in [3.8, 4) is 11.1 Å². The molecule has 1 aliphatic rings. The largest absolute Gasteiger partial charge is 0.351 e. The number of halogens is 1. The Morgan fingerprint density at radius 1 is 0.884 bits per heavy atom. The topological polar surface area (TPSA) is 113 Å². The minimum atomic E-state index is -4.16. The fourth-order valence-corrected chi connectivity index (χ4v) is 6.29. The second kappa shape index (κ2) is 13.8. The van der Waals surface area contributed by atoms with Crippen LogP contribution >= 0.6 is 0 Å². The van der Waals surface area contributed by atoms with Crippen LogP contribution < -0.4 is 10.6 Å². The Bertz CT molecular complexity index is 1490. The first-order valence-electron chi connectivity index (χ1n) is 14.8. The lowest BCUT2D eigenvalue weighted by Crippen LogP contribution is -2.35. The molecule has 4 rings (SSSR count). The van der Waals surface area contributed by atoms with E-state index in [1.807, 2.05) is 36.4 Å². The van der Waals surface area contributed by atoms with Crippen molar-refractivity contribution in [1.82, 2.24) is 5.32 Å². The van der Waals surface area contributed by atoms with Gasteiger partial charge in [-0.3, -0.25) is 14.1 Å². The van der Waals surface area contributed by atoms with E-state index in [4.69, 9.17) is 4.55 Å². The summed E-state index contributed by atoms with van der Waals surface area (Å²) in [6.07, 6.45) is 4.62. The van der Waals surface area contributed by atoms with Crippen LogP contribution in [0, 0.1) is 29.0 Å². The minimum absolute atomic E-state index is 0.0410. The molecule has 0 bridgehead atoms. The van der Waals surface area contributed by atoms with Gasteiger partial charge >= 0.3 is 0 Å². The first kappa shape index (κ1) is 32.4. The van der Waals surface area contributed by atoms with Gasteiger partial charge in [0.2, 0.25) is 5.91 Å². The van der Waals surface area contributed by atoms with Crippen molar-refractivity contribution < 1.29 is 27.0 Å². The monoisotopic (exact) mass is 608 g/mol. The van der Waals surface area contributed by atoms with Gasteiger partial charge in [-0.05, 0) is 102 Å². The fraction of sp³-hybridized carbons (Fsp3) is 0.412. The number of carbonyl (C=O) groups excluding carboxylic acids is 2. The number of hydrogen-bond acceptors (Lipinski definition) is 4. The molecular weight excluding hydrogens is 567 g/mol. The molecule has 3 aromatic rings. The predicted octanol–water partition coefficient (Wildman–Crippen LogP) is 6.76. The molecule has 230 valence electrons. The van der Waals surface area contributed by atoms with Gasteiger partial charge in [-0.2, -0.15) is 8.42 Å². The van der Waals surface area contributed by atoms with E-state index in [0.717, 1.165) is 42.4 Å². The van der Waals surface area contributed by atoms with E-state index in [1.54, 1.807) is 24.3 Å². The van der Waals surface area contributed by atoms with Gasteiger partial charge in [0, 0.05) is 23.7 Å². The fourth-order valence-electron chi connectivity index (χ4n) is 5.93. The summed E-state index contributed by atoms with van der Waals surface area (Å²) in [7, 11) is -4.16. The summed E-state index contributed by atoms with van der Waals surface area (Å²) < 4.78 is 44.0. The number of anilines is 1. The Morgan fingerprint density at radius 2 is 1.44 bits per heavy atom. The standard InChI is InChI=1S/C34H41FN2O5S/c1-34(2,3)28-14-8-26(9-15-28)31(22-23-4-6-27(7-5-23)32(38)36-20-21-43(40,41)42)33(39)37-30-18-12-25(13-19-30)24-10-16-29(35)17-11-24/h4-7,10-13,16-19,26,28,31H,8-9,14-15,20-22H2,1-3H3,(H,36,38)(H,37,39)(H,40,41,42). The van der Waals surface area contributed by atoms with Crippen LogP contribution in [0.4, 0.5) is 10.1 Å². The summed E-state index contributed by atoms with van der Waals surface area (Å²) in [5.74, 6) is -0.739. The molecule has 0 radical (unpaired) electrons. The first-order valence-corrected chi connectivity index (χ1v) is 16.4. The van der Waals surface area contributed by atoms with Crippen LogP contribution in [0.15, 0.2) is 72.8 Å². The van der Waals surface area contributed by atoms with E-state index in [2.05, 4.69) is 31.4 Å². The molecule has 2 amide bonds. The van der Waals surface area contributed by atoms with Gasteiger partial charge in [-0.1, -0.05) is 57.2 Å². The summed E-state index contributed by atoms with van der Waals surface area (Å²) in [5.41, 5.74) is 4.04. The van der Waals surface area contributed by atoms with Crippen molar-refractivity contribution in [2.75, 3.05) is 17.6 Å². The number of hydrogen-bond donors (Lipinski definition) is 3. The van der Waals surface area contributed by atoms with E-state index >= 15 is 0 Å². The molecule has 1 fully saturated rings. The van der Waals surface area contributed by atoms with Gasteiger partial charge < -0.3 is 10.6 Å². The molecule has 1 atom stereocenters. The van der Waals surface area contributed by atoms with Crippen LogP contribution in [0.5, 0.6) is 0 Å². The SMILES string of the molecule is CC(C)(C)C1CCC(C(Cc2ccc(C(=O)NCCS(=O)(=O)O)cc2)C(=O)Nc2ccc(-c3ccc(F)cc3)cc2)CC1. The zero-order chi connectivity index (χ0) is 31.2. The van der Waals surface area contributed by atoms with Crippen molar-refractivity contribution in [1.29, 1.82) is 0 Å². The molecule has 1 saturated carbocycles. The van der Waals surface area contributed by atoms with Gasteiger partial charge in [-0.25, -0.2) is 4.39 Å². The summed E-state index contributed by atoms with van der Waals surface area (Å²) in [6, 6.07) is 20.8. The van der Waals surface area contributed by atoms with Gasteiger partial charge in [0.15, 0.2) is 0 Å². The summed E-state index contributed by atoms with van der Waals surface area (Å²) in [5, 5.41) is 5.61. The van der Waals surface area contributed by atoms with Gasteiger partial charge in [0.25, 0.3) is 16.0 Å². The third-order valence-electron chi connectivity index (χ3n) is 8.55. The van der Waals surface area contributed by atoms with Crippen LogP contribution in [0.25, 0.3) is 11.1 Å². The lowest BCUT2D eigenvalue weighted by Gasteiger charge is -2.39. The number of benzene rings is 3. The highest BCUT2D eigenvalue weighted by Gasteiger charge is 2.35. The molecule has 0 saturated heterocycles. The third kappa shape index (κ3) is 9.46. The van der Waals surface area contributed by atoms with E-state index in [1.165, 1.54) is 12.1 Å². The average molecular weight is 609 g/mol. The van der Waals surface area contributed by atoms with Crippen LogP contribution in [0.2, 0.25) is 0 Å². The highest BCUT2D eigenvalue weighted by Crippen LogP contribution is 2.42. The molecule has 0 spiro atoms. The molecular formula is C34H41FN2O5S. The normalized spacial score (nSPS) is 18.1. The number of carbonyl (C=O) groups is 2. The van der Waals surface area contributed by atoms with Crippen LogP contribution in [-0.2, 0) is 21.3 Å². The number of amides is 2. The second-order valence-corrected chi connectivity index (χ2v) is 14.2. The molecule has 0 heterocycles. The van der Waals surface area contributed by atoms with Crippen molar-refractivity contribution in [2.24, 2.45) is 23.2 Å². The van der Waals surface area contributed by atoms with Gasteiger partial charge in [0.1, 0.15) is 5.82 Å². The van der Waals surface area contributed by atoms with Gasteiger partial charge in [-0.15, -0.1) is 0 Å². The Labute approximate surface area is 254 Å². The maximum Gasteiger partial charge on any atom is 0.266 e. The zero-order valence-electron chi connectivity index (χ0n) is 25.0. The lowest BCUT2D eigenvalue weighted by atomic mass is 9.66. The Kier molecular flexibility index (Phi) is 10.4. The summed E-state index contributed by atoms with van der Waals surface area (Å²) in [4.78, 5) is 26.2. The van der Waals surface area contributed by atoms with Crippen LogP contribution in [0.3, 0.4) is 0 Å².